The van der Waals surface area contributed by atoms with Crippen LogP contribution in [0.5, 0.6) is 0 Å². The number of rotatable bonds is 4. The van der Waals surface area contributed by atoms with Gasteiger partial charge in [0.05, 0.1) is 11.2 Å². The van der Waals surface area contributed by atoms with E-state index in [1.54, 1.807) is 18.3 Å². The molecule has 0 fully saturated rings. The molecule has 1 aromatic heterocycles. The van der Waals surface area contributed by atoms with E-state index in [1.165, 1.54) is 11.8 Å². The molecule has 0 N–H and O–H groups in total. The van der Waals surface area contributed by atoms with Crippen molar-refractivity contribution in [1.29, 1.82) is 0 Å². The second-order valence-corrected chi connectivity index (χ2v) is 4.43. The van der Waals surface area contributed by atoms with Gasteiger partial charge in [0, 0.05) is 18.1 Å². The van der Waals surface area contributed by atoms with Gasteiger partial charge in [-0.1, -0.05) is 17.8 Å². The molecule has 70 valence electrons. The molecule has 0 spiro atoms. The van der Waals surface area contributed by atoms with Crippen molar-refractivity contribution in [1.82, 2.24) is 4.98 Å². The van der Waals surface area contributed by atoms with Gasteiger partial charge in [-0.15, -0.1) is 11.3 Å². The van der Waals surface area contributed by atoms with Gasteiger partial charge in [-0.05, 0) is 12.5 Å². The van der Waals surface area contributed by atoms with Crippen LogP contribution in [0.3, 0.4) is 0 Å². The molecule has 0 aromatic carbocycles. The van der Waals surface area contributed by atoms with Crippen LogP contribution in [0.25, 0.3) is 6.08 Å². The predicted molar refractivity (Wildman–Crippen MR) is 58.9 cm³/mol. The fourth-order valence-electron chi connectivity index (χ4n) is 0.779. The maximum absolute atomic E-state index is 10.6. The summed E-state index contributed by atoms with van der Waals surface area (Å²) in [5.74, 6) is 0.857. The van der Waals surface area contributed by atoms with E-state index in [2.05, 4.69) is 4.98 Å². The molecule has 0 radical (unpaired) electrons. The summed E-state index contributed by atoms with van der Waals surface area (Å²) >= 11 is 2.95. The Morgan fingerprint density at radius 2 is 2.62 bits per heavy atom. The average molecular weight is 213 g/mol. The lowest BCUT2D eigenvalue weighted by Gasteiger charge is -1.90. The highest BCUT2D eigenvalue weighted by Crippen LogP contribution is 2.06. The fraction of sp³-hybridized carbons (Fsp3) is 0.333. The highest BCUT2D eigenvalue weighted by Gasteiger charge is 1.91. The first kappa shape index (κ1) is 10.5. The van der Waals surface area contributed by atoms with Gasteiger partial charge in [-0.25, -0.2) is 4.98 Å². The molecule has 0 amide bonds. The summed E-state index contributed by atoms with van der Waals surface area (Å²) in [5, 5.41) is 2.18. The second kappa shape index (κ2) is 5.94. The molecule has 4 heteroatoms. The van der Waals surface area contributed by atoms with Crippen molar-refractivity contribution in [2.75, 3.05) is 5.75 Å². The van der Waals surface area contributed by atoms with Crippen LogP contribution in [0, 0.1) is 0 Å². The monoisotopic (exact) mass is 213 g/mol. The second-order valence-electron chi connectivity index (χ2n) is 2.44. The van der Waals surface area contributed by atoms with E-state index in [0.717, 1.165) is 17.9 Å². The topological polar surface area (TPSA) is 30.0 Å². The summed E-state index contributed by atoms with van der Waals surface area (Å²) in [6.45, 7) is 1.59. The molecule has 0 aliphatic carbocycles. The lowest BCUT2D eigenvalue weighted by atomic mass is 10.3. The number of hydrogen-bond acceptors (Lipinski definition) is 4. The van der Waals surface area contributed by atoms with Crippen LogP contribution in [-0.4, -0.2) is 15.9 Å². The molecule has 1 aromatic rings. The van der Waals surface area contributed by atoms with Gasteiger partial charge >= 0.3 is 0 Å². The van der Waals surface area contributed by atoms with Crippen LogP contribution in [0.1, 0.15) is 19.0 Å². The quantitative estimate of drug-likeness (QED) is 0.720. The Bertz CT molecular complexity index is 280. The summed E-state index contributed by atoms with van der Waals surface area (Å²) in [6.07, 6.45) is 4.95. The third-order valence-corrected chi connectivity index (χ3v) is 2.78. The SMILES string of the molecule is CC(=O)SCCC=Cc1cscn1. The first-order chi connectivity index (χ1) is 6.29. The minimum atomic E-state index is 0.182. The van der Waals surface area contributed by atoms with Crippen molar-refractivity contribution in [3.05, 3.63) is 22.7 Å². The van der Waals surface area contributed by atoms with Crippen LogP contribution < -0.4 is 0 Å². The molecule has 1 rings (SSSR count). The Morgan fingerprint density at radius 3 is 3.23 bits per heavy atom. The summed E-state index contributed by atoms with van der Waals surface area (Å²) in [6, 6.07) is 0. The Kier molecular flexibility index (Phi) is 4.78. The zero-order chi connectivity index (χ0) is 9.52. The smallest absolute Gasteiger partial charge is 0.185 e. The maximum Gasteiger partial charge on any atom is 0.185 e. The maximum atomic E-state index is 10.6. The number of thioether (sulfide) groups is 1. The number of hydrogen-bond donors (Lipinski definition) is 0. The number of aromatic nitrogens is 1. The van der Waals surface area contributed by atoms with Crippen molar-refractivity contribution in [2.45, 2.75) is 13.3 Å². The van der Waals surface area contributed by atoms with Crippen LogP contribution in [0.15, 0.2) is 17.0 Å². The Hall–Kier alpha value is -0.610. The molecule has 0 aliphatic rings. The van der Waals surface area contributed by atoms with Gasteiger partial charge in [-0.3, -0.25) is 4.79 Å². The molecule has 0 aliphatic heterocycles. The zero-order valence-electron chi connectivity index (χ0n) is 7.40. The minimum absolute atomic E-state index is 0.182. The first-order valence-electron chi connectivity index (χ1n) is 3.97. The molecular weight excluding hydrogens is 202 g/mol. The number of nitrogens with zero attached hydrogens (tertiary/aromatic N) is 1. The fourth-order valence-corrected chi connectivity index (χ4v) is 1.84. The minimum Gasteiger partial charge on any atom is -0.288 e. The Morgan fingerprint density at radius 1 is 1.77 bits per heavy atom. The van der Waals surface area contributed by atoms with Crippen LogP contribution >= 0.6 is 23.1 Å². The highest BCUT2D eigenvalue weighted by molar-refractivity contribution is 8.13. The van der Waals surface area contributed by atoms with Gasteiger partial charge in [0.15, 0.2) is 5.12 Å². The first-order valence-corrected chi connectivity index (χ1v) is 5.90. The van der Waals surface area contributed by atoms with Crippen LogP contribution in [0.4, 0.5) is 0 Å². The Labute approximate surface area is 86.1 Å². The van der Waals surface area contributed by atoms with Crippen molar-refractivity contribution >= 4 is 34.3 Å². The lowest BCUT2D eigenvalue weighted by Crippen LogP contribution is -1.83. The van der Waals surface area contributed by atoms with Gasteiger partial charge in [0.25, 0.3) is 0 Å². The molecule has 13 heavy (non-hydrogen) atoms. The lowest BCUT2D eigenvalue weighted by molar-refractivity contribution is -0.109. The molecule has 0 saturated heterocycles. The van der Waals surface area contributed by atoms with Crippen LogP contribution in [0.2, 0.25) is 0 Å². The summed E-state index contributed by atoms with van der Waals surface area (Å²) in [4.78, 5) is 14.7. The van der Waals surface area contributed by atoms with Crippen molar-refractivity contribution in [3.63, 3.8) is 0 Å². The third kappa shape index (κ3) is 4.85. The van der Waals surface area contributed by atoms with E-state index in [4.69, 9.17) is 0 Å². The Balaban J connectivity index is 2.16. The molecule has 2 nitrogen and oxygen atoms in total. The van der Waals surface area contributed by atoms with E-state index >= 15 is 0 Å². The molecule has 0 unspecified atom stereocenters. The zero-order valence-corrected chi connectivity index (χ0v) is 9.03. The molecule has 0 bridgehead atoms. The molecule has 0 atom stereocenters. The summed E-state index contributed by atoms with van der Waals surface area (Å²) in [7, 11) is 0. The van der Waals surface area contributed by atoms with Gasteiger partial charge in [0.2, 0.25) is 0 Å². The van der Waals surface area contributed by atoms with Crippen molar-refractivity contribution < 1.29 is 4.79 Å². The number of thiazole rings is 1. The number of allylic oxidation sites excluding steroid dienone is 1. The van der Waals surface area contributed by atoms with Crippen LogP contribution in [-0.2, 0) is 4.79 Å². The van der Waals surface area contributed by atoms with E-state index < -0.39 is 0 Å². The standard InChI is InChI=1S/C9H11NOS2/c1-8(11)13-5-3-2-4-9-6-12-7-10-9/h2,4,6-7H,3,5H2,1H3. The van der Waals surface area contributed by atoms with Crippen molar-refractivity contribution in [2.24, 2.45) is 0 Å². The van der Waals surface area contributed by atoms with E-state index in [0.29, 0.717) is 0 Å². The molecule has 0 saturated carbocycles. The predicted octanol–water partition coefficient (Wildman–Crippen LogP) is 2.83. The summed E-state index contributed by atoms with van der Waals surface area (Å²) in [5.41, 5.74) is 2.81. The highest BCUT2D eigenvalue weighted by atomic mass is 32.2. The number of carbonyl (C=O) groups excluding carboxylic acids is 1. The molecular formula is C9H11NOS2. The molecule has 1 heterocycles. The normalized spacial score (nSPS) is 10.8. The van der Waals surface area contributed by atoms with Gasteiger partial charge < -0.3 is 0 Å². The van der Waals surface area contributed by atoms with E-state index in [-0.39, 0.29) is 5.12 Å². The van der Waals surface area contributed by atoms with Gasteiger partial charge in [0.1, 0.15) is 0 Å². The van der Waals surface area contributed by atoms with E-state index in [1.807, 2.05) is 23.0 Å². The van der Waals surface area contributed by atoms with E-state index in [9.17, 15) is 4.79 Å². The summed E-state index contributed by atoms with van der Waals surface area (Å²) < 4.78 is 0. The van der Waals surface area contributed by atoms with Gasteiger partial charge in [-0.2, -0.15) is 0 Å². The third-order valence-electron chi connectivity index (χ3n) is 1.33. The average Bonchev–Trinajstić information content (AvgIpc) is 2.55. The largest absolute Gasteiger partial charge is 0.288 e. The number of carbonyl (C=O) groups is 1. The van der Waals surface area contributed by atoms with Crippen molar-refractivity contribution in [3.8, 4) is 0 Å².